The monoisotopic (exact) mass is 412 g/mol. The molecular formula is C23H28N2O3S. The van der Waals surface area contributed by atoms with E-state index in [1.807, 2.05) is 26.0 Å². The van der Waals surface area contributed by atoms with Crippen LogP contribution in [0.1, 0.15) is 36.8 Å². The number of aryl methyl sites for hydroxylation is 2. The number of anilines is 1. The molecular weight excluding hydrogens is 384 g/mol. The lowest BCUT2D eigenvalue weighted by molar-refractivity contribution is -0.120. The first-order chi connectivity index (χ1) is 13.8. The average Bonchev–Trinajstić information content (AvgIpc) is 3.30. The summed E-state index contributed by atoms with van der Waals surface area (Å²) in [7, 11) is -3.86. The summed E-state index contributed by atoms with van der Waals surface area (Å²) >= 11 is 0. The van der Waals surface area contributed by atoms with Gasteiger partial charge in [0.05, 0.1) is 10.6 Å². The van der Waals surface area contributed by atoms with Gasteiger partial charge in [-0.1, -0.05) is 42.3 Å². The maximum absolute atomic E-state index is 13.4. The summed E-state index contributed by atoms with van der Waals surface area (Å²) in [5.74, 6) is 1.03. The second kappa shape index (κ2) is 7.82. The number of nitrogens with zero attached hydrogens (tertiary/aromatic N) is 1. The molecule has 2 bridgehead atoms. The number of carbonyl (C=O) groups excluding carboxylic acids is 1. The number of amides is 1. The fourth-order valence-electron chi connectivity index (χ4n) is 4.78. The highest BCUT2D eigenvalue weighted by Crippen LogP contribution is 2.44. The lowest BCUT2D eigenvalue weighted by Crippen LogP contribution is -2.46. The van der Waals surface area contributed by atoms with Crippen molar-refractivity contribution in [3.8, 4) is 0 Å². The smallest absolute Gasteiger partial charge is 0.264 e. The number of para-hydroxylation sites is 1. The van der Waals surface area contributed by atoms with Crippen molar-refractivity contribution in [1.29, 1.82) is 0 Å². The van der Waals surface area contributed by atoms with E-state index in [1.54, 1.807) is 36.4 Å². The first-order valence-corrected chi connectivity index (χ1v) is 11.7. The van der Waals surface area contributed by atoms with Crippen molar-refractivity contribution in [1.82, 2.24) is 5.32 Å². The first-order valence-electron chi connectivity index (χ1n) is 10.3. The van der Waals surface area contributed by atoms with E-state index in [1.165, 1.54) is 23.6 Å². The van der Waals surface area contributed by atoms with Crippen molar-refractivity contribution in [3.63, 3.8) is 0 Å². The van der Waals surface area contributed by atoms with Crippen molar-refractivity contribution in [2.24, 2.45) is 11.8 Å². The lowest BCUT2D eigenvalue weighted by Gasteiger charge is -2.28. The van der Waals surface area contributed by atoms with E-state index in [-0.39, 0.29) is 23.4 Å². The second-order valence-electron chi connectivity index (χ2n) is 8.46. The molecule has 4 rings (SSSR count). The number of nitrogens with one attached hydrogen (secondary N) is 1. The molecule has 0 saturated heterocycles. The molecule has 0 aromatic heterocycles. The third-order valence-electron chi connectivity index (χ3n) is 6.36. The molecule has 0 unspecified atom stereocenters. The molecule has 154 valence electrons. The Kier molecular flexibility index (Phi) is 5.38. The van der Waals surface area contributed by atoms with Crippen molar-refractivity contribution in [2.75, 3.05) is 10.8 Å². The Morgan fingerprint density at radius 2 is 1.76 bits per heavy atom. The molecule has 2 saturated carbocycles. The Morgan fingerprint density at radius 1 is 1.03 bits per heavy atom. The average molecular weight is 413 g/mol. The van der Waals surface area contributed by atoms with Gasteiger partial charge in [-0.15, -0.1) is 0 Å². The van der Waals surface area contributed by atoms with E-state index in [4.69, 9.17) is 0 Å². The zero-order chi connectivity index (χ0) is 20.6. The van der Waals surface area contributed by atoms with E-state index >= 15 is 0 Å². The van der Waals surface area contributed by atoms with Crippen LogP contribution in [0.15, 0.2) is 53.4 Å². The predicted molar refractivity (Wildman–Crippen MR) is 114 cm³/mol. The van der Waals surface area contributed by atoms with E-state index in [0.717, 1.165) is 17.5 Å². The molecule has 2 fully saturated rings. The third-order valence-corrected chi connectivity index (χ3v) is 8.14. The van der Waals surface area contributed by atoms with Crippen LogP contribution in [0.25, 0.3) is 0 Å². The molecule has 0 aliphatic heterocycles. The number of hydrogen-bond donors (Lipinski definition) is 1. The number of benzene rings is 2. The highest BCUT2D eigenvalue weighted by Gasteiger charge is 2.40. The van der Waals surface area contributed by atoms with Gasteiger partial charge >= 0.3 is 0 Å². The summed E-state index contributed by atoms with van der Waals surface area (Å²) in [6.07, 6.45) is 4.63. The van der Waals surface area contributed by atoms with Crippen molar-refractivity contribution < 1.29 is 13.2 Å². The van der Waals surface area contributed by atoms with Gasteiger partial charge in [0.15, 0.2) is 0 Å². The molecule has 5 nitrogen and oxygen atoms in total. The van der Waals surface area contributed by atoms with Gasteiger partial charge in [-0.3, -0.25) is 9.10 Å². The van der Waals surface area contributed by atoms with Crippen LogP contribution in [0.3, 0.4) is 0 Å². The zero-order valence-corrected chi connectivity index (χ0v) is 17.8. The number of sulfonamides is 1. The van der Waals surface area contributed by atoms with Crippen LogP contribution in [0.5, 0.6) is 0 Å². The first kappa shape index (κ1) is 20.0. The van der Waals surface area contributed by atoms with Crippen LogP contribution in [0.2, 0.25) is 0 Å². The van der Waals surface area contributed by atoms with Gasteiger partial charge in [0.2, 0.25) is 5.91 Å². The van der Waals surface area contributed by atoms with Gasteiger partial charge in [0, 0.05) is 6.04 Å². The van der Waals surface area contributed by atoms with Crippen LogP contribution in [-0.2, 0) is 14.8 Å². The molecule has 0 heterocycles. The van der Waals surface area contributed by atoms with Gasteiger partial charge in [-0.25, -0.2) is 8.42 Å². The largest absolute Gasteiger partial charge is 0.352 e. The molecule has 2 aliphatic carbocycles. The Balaban J connectivity index is 1.61. The van der Waals surface area contributed by atoms with Crippen molar-refractivity contribution in [2.45, 2.75) is 50.5 Å². The Bertz CT molecular complexity index is 1000. The molecule has 1 N–H and O–H groups in total. The minimum Gasteiger partial charge on any atom is -0.352 e. The van der Waals surface area contributed by atoms with E-state index in [2.05, 4.69) is 5.32 Å². The Hall–Kier alpha value is -2.34. The topological polar surface area (TPSA) is 66.5 Å². The summed E-state index contributed by atoms with van der Waals surface area (Å²) in [6.45, 7) is 3.56. The summed E-state index contributed by atoms with van der Waals surface area (Å²) in [6, 6.07) is 14.2. The molecule has 0 spiro atoms. The summed E-state index contributed by atoms with van der Waals surface area (Å²) < 4.78 is 28.1. The SMILES string of the molecule is Cc1ccc(S(=O)(=O)N(CC(=O)N[C@@H]2C[C@@H]3CC[C@H]2C3)c2ccccc2C)cc1. The van der Waals surface area contributed by atoms with Crippen LogP contribution < -0.4 is 9.62 Å². The third kappa shape index (κ3) is 4.04. The maximum Gasteiger partial charge on any atom is 0.264 e. The molecule has 2 aromatic rings. The fraction of sp³-hybridized carbons (Fsp3) is 0.435. The van der Waals surface area contributed by atoms with Crippen LogP contribution in [0.4, 0.5) is 5.69 Å². The second-order valence-corrected chi connectivity index (χ2v) is 10.3. The van der Waals surface area contributed by atoms with E-state index < -0.39 is 10.0 Å². The van der Waals surface area contributed by atoms with Crippen LogP contribution >= 0.6 is 0 Å². The predicted octanol–water partition coefficient (Wildman–Crippen LogP) is 3.80. The lowest BCUT2D eigenvalue weighted by atomic mass is 9.95. The molecule has 2 aromatic carbocycles. The quantitative estimate of drug-likeness (QED) is 0.785. The minimum absolute atomic E-state index is 0.182. The Morgan fingerprint density at radius 3 is 2.38 bits per heavy atom. The molecule has 29 heavy (non-hydrogen) atoms. The van der Waals surface area contributed by atoms with E-state index in [0.29, 0.717) is 17.5 Å². The van der Waals surface area contributed by atoms with Gasteiger partial charge in [-0.2, -0.15) is 0 Å². The fourth-order valence-corrected chi connectivity index (χ4v) is 6.27. The van der Waals surface area contributed by atoms with Crippen molar-refractivity contribution >= 4 is 21.6 Å². The standard InChI is InChI=1S/C23H28N2O3S/c1-16-7-11-20(12-8-16)29(27,28)25(22-6-4-3-5-17(22)2)15-23(26)24-21-14-18-9-10-19(21)13-18/h3-8,11-12,18-19,21H,9-10,13-15H2,1-2H3,(H,24,26)/t18-,19+,21-/m1/s1. The number of fused-ring (bicyclic) bond motifs is 2. The van der Waals surface area contributed by atoms with Gasteiger partial charge in [0.25, 0.3) is 10.0 Å². The molecule has 0 radical (unpaired) electrons. The number of carbonyl (C=O) groups is 1. The van der Waals surface area contributed by atoms with Gasteiger partial charge < -0.3 is 5.32 Å². The van der Waals surface area contributed by atoms with Crippen LogP contribution in [-0.4, -0.2) is 26.9 Å². The van der Waals surface area contributed by atoms with Gasteiger partial charge in [0.1, 0.15) is 6.54 Å². The molecule has 6 heteroatoms. The van der Waals surface area contributed by atoms with Gasteiger partial charge in [-0.05, 0) is 68.7 Å². The minimum atomic E-state index is -3.86. The summed E-state index contributed by atoms with van der Waals surface area (Å²) in [5, 5.41) is 3.12. The van der Waals surface area contributed by atoms with E-state index in [9.17, 15) is 13.2 Å². The Labute approximate surface area is 173 Å². The highest BCUT2D eigenvalue weighted by molar-refractivity contribution is 7.92. The summed E-state index contributed by atoms with van der Waals surface area (Å²) in [4.78, 5) is 13.1. The molecule has 2 aliphatic rings. The maximum atomic E-state index is 13.4. The van der Waals surface area contributed by atoms with Crippen LogP contribution in [0, 0.1) is 25.7 Å². The van der Waals surface area contributed by atoms with Crippen molar-refractivity contribution in [3.05, 3.63) is 59.7 Å². The number of rotatable bonds is 6. The highest BCUT2D eigenvalue weighted by atomic mass is 32.2. The molecule has 3 atom stereocenters. The summed E-state index contributed by atoms with van der Waals surface area (Å²) in [5.41, 5.74) is 2.34. The number of hydrogen-bond acceptors (Lipinski definition) is 3. The zero-order valence-electron chi connectivity index (χ0n) is 17.0. The normalized spacial score (nSPS) is 23.2. The molecule has 1 amide bonds.